The van der Waals surface area contributed by atoms with Gasteiger partial charge in [0.25, 0.3) is 0 Å². The molecule has 2 heterocycles. The summed E-state index contributed by atoms with van der Waals surface area (Å²) in [7, 11) is 1.83. The molecule has 124 valence electrons. The smallest absolute Gasteiger partial charge is 0.319 e. The van der Waals surface area contributed by atoms with Crippen LogP contribution in [-0.2, 0) is 7.05 Å². The first-order chi connectivity index (χ1) is 11.0. The van der Waals surface area contributed by atoms with Crippen molar-refractivity contribution in [2.45, 2.75) is 26.8 Å². The Bertz CT molecular complexity index is 634. The van der Waals surface area contributed by atoms with Gasteiger partial charge in [0.05, 0.1) is 17.9 Å². The van der Waals surface area contributed by atoms with E-state index >= 15 is 0 Å². The summed E-state index contributed by atoms with van der Waals surface area (Å²) in [5, 5.41) is 13.4. The number of hydrogen-bond acceptors (Lipinski definition) is 5. The molecule has 0 spiro atoms. The minimum absolute atomic E-state index is 0.245. The lowest BCUT2D eigenvalue weighted by Crippen LogP contribution is -2.32. The van der Waals surface area contributed by atoms with E-state index in [2.05, 4.69) is 44.6 Å². The molecule has 0 unspecified atom stereocenters. The second-order valence-electron chi connectivity index (χ2n) is 5.20. The van der Waals surface area contributed by atoms with Gasteiger partial charge in [0.1, 0.15) is 12.1 Å². The molecule has 0 fully saturated rings. The van der Waals surface area contributed by atoms with Gasteiger partial charge in [-0.2, -0.15) is 0 Å². The Morgan fingerprint density at radius 3 is 2.61 bits per heavy atom. The van der Waals surface area contributed by atoms with Gasteiger partial charge in [-0.1, -0.05) is 0 Å². The van der Waals surface area contributed by atoms with Crippen LogP contribution in [0.3, 0.4) is 0 Å². The highest BCUT2D eigenvalue weighted by Crippen LogP contribution is 2.14. The number of aryl methyl sites for hydroxylation is 1. The first kappa shape index (κ1) is 16.7. The lowest BCUT2D eigenvalue weighted by Gasteiger charge is -2.19. The zero-order valence-corrected chi connectivity index (χ0v) is 13.9. The Kier molecular flexibility index (Phi) is 5.51. The Balaban J connectivity index is 1.94. The van der Waals surface area contributed by atoms with Crippen molar-refractivity contribution in [1.82, 2.24) is 25.1 Å². The summed E-state index contributed by atoms with van der Waals surface area (Å²) in [4.78, 5) is 18.6. The SMILES string of the molecule is CCN(CC)c1ccc(NC(=O)N[C@H](C)c2nncn2C)cn1. The Morgan fingerprint density at radius 1 is 1.35 bits per heavy atom. The van der Waals surface area contributed by atoms with Crippen molar-refractivity contribution < 1.29 is 4.79 Å². The van der Waals surface area contributed by atoms with Crippen LogP contribution in [0.2, 0.25) is 0 Å². The van der Waals surface area contributed by atoms with Gasteiger partial charge in [0.15, 0.2) is 5.82 Å². The fourth-order valence-corrected chi connectivity index (χ4v) is 2.31. The number of hydrogen-bond donors (Lipinski definition) is 2. The number of carbonyl (C=O) groups is 1. The molecule has 8 nitrogen and oxygen atoms in total. The van der Waals surface area contributed by atoms with E-state index in [1.165, 1.54) is 0 Å². The topological polar surface area (TPSA) is 88.0 Å². The zero-order chi connectivity index (χ0) is 16.8. The summed E-state index contributed by atoms with van der Waals surface area (Å²) in [5.74, 6) is 1.59. The molecule has 0 aromatic carbocycles. The minimum Gasteiger partial charge on any atom is -0.357 e. The molecule has 2 aromatic heterocycles. The Morgan fingerprint density at radius 2 is 2.09 bits per heavy atom. The van der Waals surface area contributed by atoms with Crippen molar-refractivity contribution in [1.29, 1.82) is 0 Å². The first-order valence-corrected chi connectivity index (χ1v) is 7.67. The van der Waals surface area contributed by atoms with Crippen LogP contribution >= 0.6 is 0 Å². The lowest BCUT2D eigenvalue weighted by molar-refractivity contribution is 0.248. The first-order valence-electron chi connectivity index (χ1n) is 7.67. The van der Waals surface area contributed by atoms with E-state index in [4.69, 9.17) is 0 Å². The van der Waals surface area contributed by atoms with Crippen LogP contribution in [0, 0.1) is 0 Å². The van der Waals surface area contributed by atoms with Gasteiger partial charge in [-0.15, -0.1) is 10.2 Å². The predicted octanol–water partition coefficient (Wildman–Crippen LogP) is 1.94. The molecule has 1 atom stereocenters. The predicted molar refractivity (Wildman–Crippen MR) is 89.4 cm³/mol. The van der Waals surface area contributed by atoms with Crippen LogP contribution in [0.1, 0.15) is 32.6 Å². The molecule has 8 heteroatoms. The molecule has 2 N–H and O–H groups in total. The summed E-state index contributed by atoms with van der Waals surface area (Å²) in [6, 6.07) is 3.19. The number of amides is 2. The standard InChI is InChI=1S/C15H23N7O/c1-5-22(6-2)13-8-7-12(9-16-13)19-15(23)18-11(3)14-20-17-10-21(14)4/h7-11H,5-6H2,1-4H3,(H2,18,19,23)/t11-/m1/s1. The van der Waals surface area contributed by atoms with E-state index < -0.39 is 0 Å². The molecular weight excluding hydrogens is 294 g/mol. The largest absolute Gasteiger partial charge is 0.357 e. The highest BCUT2D eigenvalue weighted by molar-refractivity contribution is 5.89. The molecule has 0 saturated carbocycles. The second-order valence-corrected chi connectivity index (χ2v) is 5.20. The third-order valence-electron chi connectivity index (χ3n) is 3.57. The summed E-state index contributed by atoms with van der Waals surface area (Å²) in [6.07, 6.45) is 3.25. The van der Waals surface area contributed by atoms with Crippen LogP contribution in [0.5, 0.6) is 0 Å². The second kappa shape index (κ2) is 7.57. The molecule has 2 rings (SSSR count). The van der Waals surface area contributed by atoms with Gasteiger partial charge in [0.2, 0.25) is 0 Å². The van der Waals surface area contributed by atoms with Gasteiger partial charge >= 0.3 is 6.03 Å². The monoisotopic (exact) mass is 317 g/mol. The number of carbonyl (C=O) groups excluding carboxylic acids is 1. The number of pyridine rings is 1. The van der Waals surface area contributed by atoms with Crippen LogP contribution in [-0.4, -0.2) is 38.9 Å². The molecule has 0 saturated heterocycles. The normalized spacial score (nSPS) is 11.8. The third kappa shape index (κ3) is 4.18. The number of urea groups is 1. The molecule has 0 aliphatic carbocycles. The molecule has 2 amide bonds. The van der Waals surface area contributed by atoms with Crippen molar-refractivity contribution in [3.63, 3.8) is 0 Å². The van der Waals surface area contributed by atoms with Crippen molar-refractivity contribution in [3.05, 3.63) is 30.5 Å². The maximum absolute atomic E-state index is 12.0. The average molecular weight is 317 g/mol. The quantitative estimate of drug-likeness (QED) is 0.850. The molecule has 23 heavy (non-hydrogen) atoms. The van der Waals surface area contributed by atoms with Crippen molar-refractivity contribution in [2.24, 2.45) is 7.05 Å². The third-order valence-corrected chi connectivity index (χ3v) is 3.57. The van der Waals surface area contributed by atoms with Crippen LogP contribution in [0.15, 0.2) is 24.7 Å². The van der Waals surface area contributed by atoms with Gasteiger partial charge in [-0.25, -0.2) is 9.78 Å². The summed E-state index contributed by atoms with van der Waals surface area (Å²) in [5.41, 5.74) is 0.642. The van der Waals surface area contributed by atoms with Crippen LogP contribution < -0.4 is 15.5 Å². The van der Waals surface area contributed by atoms with Crippen LogP contribution in [0.4, 0.5) is 16.3 Å². The van der Waals surface area contributed by atoms with Crippen molar-refractivity contribution >= 4 is 17.5 Å². The van der Waals surface area contributed by atoms with E-state index in [0.29, 0.717) is 11.5 Å². The molecule has 0 radical (unpaired) electrons. The summed E-state index contributed by atoms with van der Waals surface area (Å²) < 4.78 is 1.77. The average Bonchev–Trinajstić information content (AvgIpc) is 2.96. The zero-order valence-electron chi connectivity index (χ0n) is 13.9. The Hall–Kier alpha value is -2.64. The maximum Gasteiger partial charge on any atom is 0.319 e. The van der Waals surface area contributed by atoms with Gasteiger partial charge in [-0.05, 0) is 32.9 Å². The highest BCUT2D eigenvalue weighted by Gasteiger charge is 2.14. The van der Waals surface area contributed by atoms with E-state index in [1.54, 1.807) is 17.1 Å². The molecular formula is C15H23N7O. The van der Waals surface area contributed by atoms with Gasteiger partial charge in [-0.3, -0.25) is 0 Å². The molecule has 0 aliphatic rings. The van der Waals surface area contributed by atoms with Gasteiger partial charge in [0, 0.05) is 20.1 Å². The van der Waals surface area contributed by atoms with E-state index in [9.17, 15) is 4.79 Å². The fraction of sp³-hybridized carbons (Fsp3) is 0.467. The van der Waals surface area contributed by atoms with E-state index in [1.807, 2.05) is 26.1 Å². The molecule has 0 bridgehead atoms. The number of anilines is 2. The van der Waals surface area contributed by atoms with Gasteiger partial charge < -0.3 is 20.1 Å². The minimum atomic E-state index is -0.308. The number of aromatic nitrogens is 4. The van der Waals surface area contributed by atoms with Crippen molar-refractivity contribution in [3.8, 4) is 0 Å². The summed E-state index contributed by atoms with van der Waals surface area (Å²) in [6.45, 7) is 7.81. The number of nitrogens with one attached hydrogen (secondary N) is 2. The highest BCUT2D eigenvalue weighted by atomic mass is 16.2. The Labute approximate surface area is 135 Å². The number of nitrogens with zero attached hydrogens (tertiary/aromatic N) is 5. The van der Waals surface area contributed by atoms with Crippen molar-refractivity contribution in [2.75, 3.05) is 23.3 Å². The van der Waals surface area contributed by atoms with E-state index in [-0.39, 0.29) is 12.1 Å². The summed E-state index contributed by atoms with van der Waals surface area (Å²) >= 11 is 0. The number of rotatable bonds is 6. The fourth-order valence-electron chi connectivity index (χ4n) is 2.31. The maximum atomic E-state index is 12.0. The molecule has 2 aromatic rings. The van der Waals surface area contributed by atoms with Crippen LogP contribution in [0.25, 0.3) is 0 Å². The molecule has 0 aliphatic heterocycles. The van der Waals surface area contributed by atoms with E-state index in [0.717, 1.165) is 18.9 Å². The lowest BCUT2D eigenvalue weighted by atomic mass is 10.3.